The molecule has 2 aliphatic rings. The summed E-state index contributed by atoms with van der Waals surface area (Å²) in [5.41, 5.74) is 6.81. The van der Waals surface area contributed by atoms with Gasteiger partial charge in [0.2, 0.25) is 5.54 Å². The molecule has 1 aromatic rings. The lowest BCUT2D eigenvalue weighted by Gasteiger charge is -2.44. The second-order valence-electron chi connectivity index (χ2n) is 4.50. The Morgan fingerprint density at radius 1 is 1.53 bits per heavy atom. The number of nitrogens with one attached hydrogen (secondary N) is 1. The van der Waals surface area contributed by atoms with E-state index in [0.717, 1.165) is 0 Å². The average molecular weight is 260 g/mol. The minimum absolute atomic E-state index is 0.167. The van der Waals surface area contributed by atoms with Crippen LogP contribution in [0.25, 0.3) is 0 Å². The lowest BCUT2D eigenvalue weighted by molar-refractivity contribution is -0.134. The van der Waals surface area contributed by atoms with Gasteiger partial charge < -0.3 is 10.5 Å². The van der Waals surface area contributed by atoms with Gasteiger partial charge in [0.05, 0.1) is 5.69 Å². The molecule has 7 heteroatoms. The van der Waals surface area contributed by atoms with Crippen LogP contribution in [0.2, 0.25) is 0 Å². The van der Waals surface area contributed by atoms with Crippen molar-refractivity contribution in [3.8, 4) is 5.75 Å². The Kier molecular flexibility index (Phi) is 2.25. The Morgan fingerprint density at radius 2 is 2.26 bits per heavy atom. The van der Waals surface area contributed by atoms with Gasteiger partial charge in [0.1, 0.15) is 12.4 Å². The number of ether oxygens (including phenoxy) is 1. The summed E-state index contributed by atoms with van der Waals surface area (Å²) in [7, 11) is 0. The molecule has 0 bridgehead atoms. The number of benzene rings is 1. The molecular weight excluding hydrogens is 248 g/mol. The molecule has 0 saturated carbocycles. The van der Waals surface area contributed by atoms with Gasteiger partial charge in [-0.25, -0.2) is 5.43 Å². The van der Waals surface area contributed by atoms with Gasteiger partial charge in [0.15, 0.2) is 5.84 Å². The van der Waals surface area contributed by atoms with Gasteiger partial charge in [-0.15, -0.1) is 0 Å². The molecule has 2 aliphatic heterocycles. The van der Waals surface area contributed by atoms with Crippen molar-refractivity contribution < 1.29 is 14.3 Å². The number of anilines is 1. The van der Waals surface area contributed by atoms with E-state index in [2.05, 4.69) is 10.5 Å². The smallest absolute Gasteiger partial charge is 0.275 e. The number of fused-ring (bicyclic) bond motifs is 3. The van der Waals surface area contributed by atoms with Crippen LogP contribution in [-0.2, 0) is 9.59 Å². The van der Waals surface area contributed by atoms with E-state index in [1.807, 2.05) is 6.07 Å². The van der Waals surface area contributed by atoms with E-state index in [1.165, 1.54) is 11.8 Å². The van der Waals surface area contributed by atoms with E-state index in [4.69, 9.17) is 10.5 Å². The highest BCUT2D eigenvalue weighted by molar-refractivity contribution is 6.21. The fraction of sp³-hybridized carbons (Fsp3) is 0.250. The number of nitrogens with two attached hydrogens (primary N) is 1. The maximum absolute atomic E-state index is 12.0. The molecule has 7 nitrogen and oxygen atoms in total. The van der Waals surface area contributed by atoms with Crippen LogP contribution < -0.4 is 20.8 Å². The molecule has 0 spiro atoms. The highest BCUT2D eigenvalue weighted by atomic mass is 16.5. The average Bonchev–Trinajstić information content (AvgIpc) is 2.42. The summed E-state index contributed by atoms with van der Waals surface area (Å²) in [5, 5.41) is 3.92. The number of hydrazone groups is 1. The minimum Gasteiger partial charge on any atom is -0.483 e. The molecule has 2 heterocycles. The number of amides is 2. The summed E-state index contributed by atoms with van der Waals surface area (Å²) < 4.78 is 5.53. The number of carbonyl (C=O) groups excluding carboxylic acids is 2. The molecule has 3 N–H and O–H groups in total. The summed E-state index contributed by atoms with van der Waals surface area (Å²) in [6.07, 6.45) is 0. The summed E-state index contributed by atoms with van der Waals surface area (Å²) in [6, 6.07) is 7.12. The van der Waals surface area contributed by atoms with E-state index in [-0.39, 0.29) is 6.61 Å². The molecule has 1 atom stereocenters. The summed E-state index contributed by atoms with van der Waals surface area (Å²) >= 11 is 0. The Morgan fingerprint density at radius 3 is 3.00 bits per heavy atom. The van der Waals surface area contributed by atoms with E-state index < -0.39 is 17.4 Å². The van der Waals surface area contributed by atoms with Gasteiger partial charge in [-0.2, -0.15) is 5.10 Å². The third-order valence-corrected chi connectivity index (χ3v) is 3.38. The Hall–Kier alpha value is -2.57. The molecule has 19 heavy (non-hydrogen) atoms. The Bertz CT molecular complexity index is 613. The molecule has 3 rings (SSSR count). The Labute approximate surface area is 109 Å². The van der Waals surface area contributed by atoms with Gasteiger partial charge in [-0.05, 0) is 19.1 Å². The number of primary amides is 1. The monoisotopic (exact) mass is 260 g/mol. The maximum Gasteiger partial charge on any atom is 0.275 e. The number of hydrogen-bond acceptors (Lipinski definition) is 5. The van der Waals surface area contributed by atoms with Crippen molar-refractivity contribution in [3.63, 3.8) is 0 Å². The van der Waals surface area contributed by atoms with Gasteiger partial charge in [-0.1, -0.05) is 12.1 Å². The number of nitrogens with zero attached hydrogens (tertiary/aromatic N) is 2. The van der Waals surface area contributed by atoms with Gasteiger partial charge in [-0.3, -0.25) is 14.5 Å². The first-order valence-electron chi connectivity index (χ1n) is 5.74. The van der Waals surface area contributed by atoms with Crippen molar-refractivity contribution in [2.24, 2.45) is 10.8 Å². The summed E-state index contributed by atoms with van der Waals surface area (Å²) in [5.74, 6) is -0.266. The summed E-state index contributed by atoms with van der Waals surface area (Å²) in [4.78, 5) is 25.3. The number of para-hydroxylation sites is 2. The van der Waals surface area contributed by atoms with Crippen LogP contribution in [-0.4, -0.2) is 29.8 Å². The molecular formula is C12H12N4O3. The second-order valence-corrected chi connectivity index (χ2v) is 4.50. The standard InChI is InChI=1S/C12H12N4O3/c1-12(10(13)17)11(18)15-14-9-6-19-8-5-3-2-4-7(8)16(9)12/h2-5H,6H2,1H3,(H2,13,17)(H,15,18)/t12-/m0/s1. The molecule has 0 saturated heterocycles. The fourth-order valence-electron chi connectivity index (χ4n) is 2.24. The zero-order chi connectivity index (χ0) is 13.6. The van der Waals surface area contributed by atoms with E-state index in [9.17, 15) is 9.59 Å². The van der Waals surface area contributed by atoms with Crippen molar-refractivity contribution in [1.82, 2.24) is 5.43 Å². The zero-order valence-electron chi connectivity index (χ0n) is 10.2. The molecule has 0 unspecified atom stereocenters. The molecule has 0 aromatic heterocycles. The van der Waals surface area contributed by atoms with Crippen LogP contribution >= 0.6 is 0 Å². The largest absolute Gasteiger partial charge is 0.483 e. The van der Waals surface area contributed by atoms with Crippen molar-refractivity contribution in [3.05, 3.63) is 24.3 Å². The van der Waals surface area contributed by atoms with Crippen LogP contribution in [0.3, 0.4) is 0 Å². The highest BCUT2D eigenvalue weighted by Gasteiger charge is 2.52. The van der Waals surface area contributed by atoms with Crippen molar-refractivity contribution in [2.45, 2.75) is 12.5 Å². The lowest BCUT2D eigenvalue weighted by atomic mass is 9.95. The fourth-order valence-corrected chi connectivity index (χ4v) is 2.24. The maximum atomic E-state index is 12.0. The molecule has 2 amide bonds. The predicted molar refractivity (Wildman–Crippen MR) is 67.6 cm³/mol. The van der Waals surface area contributed by atoms with Crippen molar-refractivity contribution >= 4 is 23.3 Å². The van der Waals surface area contributed by atoms with E-state index in [0.29, 0.717) is 17.3 Å². The Balaban J connectivity index is 2.23. The molecule has 0 fully saturated rings. The van der Waals surface area contributed by atoms with Crippen molar-refractivity contribution in [2.75, 3.05) is 11.5 Å². The third-order valence-electron chi connectivity index (χ3n) is 3.38. The van der Waals surface area contributed by atoms with E-state index >= 15 is 0 Å². The molecule has 0 aliphatic carbocycles. The predicted octanol–water partition coefficient (Wildman–Crippen LogP) is -0.427. The molecule has 1 aromatic carbocycles. The van der Waals surface area contributed by atoms with Crippen LogP contribution in [0.5, 0.6) is 5.75 Å². The first kappa shape index (κ1) is 11.5. The van der Waals surface area contributed by atoms with Gasteiger partial charge >= 0.3 is 0 Å². The first-order chi connectivity index (χ1) is 9.05. The number of hydrogen-bond donors (Lipinski definition) is 2. The highest BCUT2D eigenvalue weighted by Crippen LogP contribution is 2.37. The molecule has 98 valence electrons. The first-order valence-corrected chi connectivity index (χ1v) is 5.74. The SMILES string of the molecule is C[C@]1(C(N)=O)C(=O)NN=C2COc3ccccc3N21. The van der Waals surface area contributed by atoms with Crippen LogP contribution in [0.15, 0.2) is 29.4 Å². The van der Waals surface area contributed by atoms with Gasteiger partial charge in [0, 0.05) is 0 Å². The third kappa shape index (κ3) is 1.41. The number of amidine groups is 1. The van der Waals surface area contributed by atoms with Crippen LogP contribution in [0.1, 0.15) is 6.92 Å². The zero-order valence-corrected chi connectivity index (χ0v) is 10.2. The topological polar surface area (TPSA) is 97.0 Å². The molecule has 0 radical (unpaired) electrons. The van der Waals surface area contributed by atoms with Gasteiger partial charge in [0.25, 0.3) is 11.8 Å². The number of carbonyl (C=O) groups is 2. The quantitative estimate of drug-likeness (QED) is 0.670. The number of rotatable bonds is 1. The van der Waals surface area contributed by atoms with Crippen LogP contribution in [0, 0.1) is 0 Å². The minimum atomic E-state index is -1.52. The van der Waals surface area contributed by atoms with Crippen LogP contribution in [0.4, 0.5) is 5.69 Å². The lowest BCUT2D eigenvalue weighted by Crippen LogP contribution is -2.69. The summed E-state index contributed by atoms with van der Waals surface area (Å²) in [6.45, 7) is 1.64. The van der Waals surface area contributed by atoms with Crippen molar-refractivity contribution in [1.29, 1.82) is 0 Å². The van der Waals surface area contributed by atoms with E-state index in [1.54, 1.807) is 18.2 Å². The normalized spacial score (nSPS) is 24.6. The second kappa shape index (κ2) is 3.71.